The van der Waals surface area contributed by atoms with Gasteiger partial charge in [0, 0.05) is 0 Å². The van der Waals surface area contributed by atoms with Crippen LogP contribution < -0.4 is 0 Å². The molecule has 4 heteroatoms. The molecule has 4 nitrogen and oxygen atoms in total. The number of rotatable bonds is 2. The number of hydrogen-bond acceptors (Lipinski definition) is 4. The van der Waals surface area contributed by atoms with Gasteiger partial charge in [-0.2, -0.15) is 9.98 Å². The van der Waals surface area contributed by atoms with Gasteiger partial charge in [-0.25, -0.2) is 9.59 Å². The van der Waals surface area contributed by atoms with Crippen molar-refractivity contribution in [2.24, 2.45) is 9.98 Å². The number of isocyanates is 2. The van der Waals surface area contributed by atoms with Gasteiger partial charge in [-0.05, 0) is 24.8 Å². The van der Waals surface area contributed by atoms with Crippen molar-refractivity contribution in [3.63, 3.8) is 0 Å². The maximum absolute atomic E-state index is 10.1. The predicted octanol–water partition coefficient (Wildman–Crippen LogP) is 1.14. The first-order chi connectivity index (χ1) is 6.29. The Morgan fingerprint density at radius 3 is 2.62 bits per heavy atom. The smallest absolute Gasteiger partial charge is 0.211 e. The molecule has 1 saturated carbocycles. The fourth-order valence-electron chi connectivity index (χ4n) is 1.55. The molecule has 0 saturated heterocycles. The van der Waals surface area contributed by atoms with Crippen molar-refractivity contribution < 1.29 is 9.59 Å². The summed E-state index contributed by atoms with van der Waals surface area (Å²) in [6, 6.07) is -0.632. The zero-order valence-corrected chi connectivity index (χ0v) is 7.19. The minimum absolute atomic E-state index is 0.264. The molecule has 0 aromatic rings. The number of hydrogen-bond donors (Lipinski definition) is 0. The molecule has 13 heavy (non-hydrogen) atoms. The second-order valence-corrected chi connectivity index (χ2v) is 3.00. The van der Waals surface area contributed by atoms with E-state index in [1.165, 1.54) is 12.2 Å². The summed E-state index contributed by atoms with van der Waals surface area (Å²) in [4.78, 5) is 27.3. The standard InChI is InChI=1S/C9H10N2O2/c1-7-3-2-4-8(10-5-12)9(7)11-6-13/h8-9H,1-4H2. The second kappa shape index (κ2) is 4.51. The lowest BCUT2D eigenvalue weighted by Gasteiger charge is -2.25. The summed E-state index contributed by atoms with van der Waals surface area (Å²) in [7, 11) is 0. The Kier molecular flexibility index (Phi) is 3.32. The lowest BCUT2D eigenvalue weighted by Crippen LogP contribution is -2.28. The lowest BCUT2D eigenvalue weighted by molar-refractivity contribution is 0.457. The minimum Gasteiger partial charge on any atom is -0.211 e. The van der Waals surface area contributed by atoms with E-state index in [1.54, 1.807) is 0 Å². The van der Waals surface area contributed by atoms with E-state index in [0.717, 1.165) is 24.8 Å². The molecule has 1 fully saturated rings. The van der Waals surface area contributed by atoms with Crippen LogP contribution in [-0.4, -0.2) is 24.2 Å². The van der Waals surface area contributed by atoms with Gasteiger partial charge in [0.1, 0.15) is 6.04 Å². The Bertz CT molecular complexity index is 299. The monoisotopic (exact) mass is 178 g/mol. The van der Waals surface area contributed by atoms with E-state index in [4.69, 9.17) is 0 Å². The summed E-state index contributed by atoms with van der Waals surface area (Å²) in [6.07, 6.45) is 5.49. The molecular weight excluding hydrogens is 168 g/mol. The summed E-state index contributed by atoms with van der Waals surface area (Å²) in [5, 5.41) is 0. The molecule has 1 rings (SSSR count). The highest BCUT2D eigenvalue weighted by atomic mass is 16.1. The Balaban J connectivity index is 2.85. The van der Waals surface area contributed by atoms with Crippen LogP contribution in [0.1, 0.15) is 19.3 Å². The Labute approximate surface area is 76.1 Å². The van der Waals surface area contributed by atoms with Crippen molar-refractivity contribution in [3.05, 3.63) is 12.2 Å². The first-order valence-electron chi connectivity index (χ1n) is 4.11. The maximum Gasteiger partial charge on any atom is 0.235 e. The summed E-state index contributed by atoms with van der Waals surface area (Å²) in [5.74, 6) is 0. The van der Waals surface area contributed by atoms with E-state index in [-0.39, 0.29) is 12.1 Å². The third-order valence-electron chi connectivity index (χ3n) is 2.19. The molecule has 0 aromatic carbocycles. The third kappa shape index (κ3) is 2.22. The molecular formula is C9H10N2O2. The number of carbonyl (C=O) groups excluding carboxylic acids is 2. The summed E-state index contributed by atoms with van der Waals surface area (Å²) in [5.41, 5.74) is 0.846. The largest absolute Gasteiger partial charge is 0.235 e. The average molecular weight is 178 g/mol. The van der Waals surface area contributed by atoms with Crippen molar-refractivity contribution in [2.45, 2.75) is 31.3 Å². The van der Waals surface area contributed by atoms with Crippen LogP contribution in [0, 0.1) is 0 Å². The molecule has 0 aromatic heterocycles. The molecule has 2 unspecified atom stereocenters. The van der Waals surface area contributed by atoms with Crippen LogP contribution in [-0.2, 0) is 9.59 Å². The van der Waals surface area contributed by atoms with Crippen molar-refractivity contribution in [1.29, 1.82) is 0 Å². The molecule has 68 valence electrons. The Morgan fingerprint density at radius 2 is 2.00 bits per heavy atom. The predicted molar refractivity (Wildman–Crippen MR) is 46.8 cm³/mol. The van der Waals surface area contributed by atoms with Crippen molar-refractivity contribution in [1.82, 2.24) is 0 Å². The molecule has 0 aliphatic heterocycles. The van der Waals surface area contributed by atoms with Crippen LogP contribution in [0.25, 0.3) is 0 Å². The highest BCUT2D eigenvalue weighted by Gasteiger charge is 2.27. The van der Waals surface area contributed by atoms with E-state index < -0.39 is 0 Å². The zero-order valence-electron chi connectivity index (χ0n) is 7.19. The SMILES string of the molecule is C=C1CCCC(N=C=O)C1N=C=O. The third-order valence-corrected chi connectivity index (χ3v) is 2.19. The van der Waals surface area contributed by atoms with Gasteiger partial charge in [-0.15, -0.1) is 0 Å². The summed E-state index contributed by atoms with van der Waals surface area (Å²) >= 11 is 0. The molecule has 0 spiro atoms. The van der Waals surface area contributed by atoms with Crippen molar-refractivity contribution >= 4 is 12.2 Å². The quantitative estimate of drug-likeness (QED) is 0.361. The van der Waals surface area contributed by atoms with Crippen LogP contribution in [0.4, 0.5) is 0 Å². The minimum atomic E-state index is -0.368. The van der Waals surface area contributed by atoms with Gasteiger partial charge < -0.3 is 0 Å². The Hall–Kier alpha value is -1.50. The van der Waals surface area contributed by atoms with Gasteiger partial charge >= 0.3 is 0 Å². The van der Waals surface area contributed by atoms with Crippen LogP contribution in [0.2, 0.25) is 0 Å². The molecule has 1 aliphatic rings. The second-order valence-electron chi connectivity index (χ2n) is 3.00. The fraction of sp³-hybridized carbons (Fsp3) is 0.556. The van der Waals surface area contributed by atoms with Gasteiger partial charge in [0.25, 0.3) is 0 Å². The molecule has 0 bridgehead atoms. The van der Waals surface area contributed by atoms with Gasteiger partial charge in [-0.3, -0.25) is 0 Å². The normalized spacial score (nSPS) is 27.2. The van der Waals surface area contributed by atoms with Gasteiger partial charge in [0.15, 0.2) is 0 Å². The van der Waals surface area contributed by atoms with Crippen LogP contribution in [0.3, 0.4) is 0 Å². The van der Waals surface area contributed by atoms with Gasteiger partial charge in [0.05, 0.1) is 6.04 Å². The van der Waals surface area contributed by atoms with Gasteiger partial charge in [0.2, 0.25) is 12.2 Å². The first-order valence-corrected chi connectivity index (χ1v) is 4.11. The molecule has 2 atom stereocenters. The lowest BCUT2D eigenvalue weighted by atomic mass is 9.87. The van der Waals surface area contributed by atoms with Crippen molar-refractivity contribution in [3.8, 4) is 0 Å². The topological polar surface area (TPSA) is 58.9 Å². The van der Waals surface area contributed by atoms with Crippen LogP contribution >= 0.6 is 0 Å². The maximum atomic E-state index is 10.1. The number of aliphatic imine (C=N–C) groups is 2. The first kappa shape index (κ1) is 9.59. The van der Waals surface area contributed by atoms with E-state index in [2.05, 4.69) is 16.6 Å². The van der Waals surface area contributed by atoms with E-state index in [0.29, 0.717) is 0 Å². The molecule has 0 heterocycles. The highest BCUT2D eigenvalue weighted by Crippen LogP contribution is 2.26. The van der Waals surface area contributed by atoms with Gasteiger partial charge in [-0.1, -0.05) is 6.58 Å². The molecule has 0 radical (unpaired) electrons. The van der Waals surface area contributed by atoms with Crippen molar-refractivity contribution in [2.75, 3.05) is 0 Å². The zero-order chi connectivity index (χ0) is 9.68. The number of nitrogens with zero attached hydrogens (tertiary/aromatic N) is 2. The van der Waals surface area contributed by atoms with Crippen LogP contribution in [0.15, 0.2) is 22.1 Å². The van der Waals surface area contributed by atoms with Crippen LogP contribution in [0.5, 0.6) is 0 Å². The Morgan fingerprint density at radius 1 is 1.31 bits per heavy atom. The average Bonchev–Trinajstić information content (AvgIpc) is 2.11. The molecule has 0 N–H and O–H groups in total. The summed E-state index contributed by atoms with van der Waals surface area (Å²) < 4.78 is 0. The molecule has 1 aliphatic carbocycles. The highest BCUT2D eigenvalue weighted by molar-refractivity contribution is 5.38. The fourth-order valence-corrected chi connectivity index (χ4v) is 1.55. The van der Waals surface area contributed by atoms with E-state index >= 15 is 0 Å². The molecule has 0 amide bonds. The van der Waals surface area contributed by atoms with E-state index in [9.17, 15) is 9.59 Å². The summed E-state index contributed by atoms with van der Waals surface area (Å²) in [6.45, 7) is 3.78. The van der Waals surface area contributed by atoms with E-state index in [1.807, 2.05) is 0 Å².